The van der Waals surface area contributed by atoms with Gasteiger partial charge in [0.05, 0.1) is 0 Å². The SMILES string of the molecule is C=CC(=C)c1cc(CC)cc(-c2ccccc2)c1. The Kier molecular flexibility index (Phi) is 3.78. The Morgan fingerprint density at radius 2 is 1.78 bits per heavy atom. The molecule has 18 heavy (non-hydrogen) atoms. The first kappa shape index (κ1) is 12.4. The van der Waals surface area contributed by atoms with Gasteiger partial charge >= 0.3 is 0 Å². The first-order chi connectivity index (χ1) is 8.74. The topological polar surface area (TPSA) is 0 Å². The lowest BCUT2D eigenvalue weighted by atomic mass is 9.96. The van der Waals surface area contributed by atoms with Crippen molar-refractivity contribution in [1.82, 2.24) is 0 Å². The molecular weight excluding hydrogens is 216 g/mol. The Morgan fingerprint density at radius 3 is 2.39 bits per heavy atom. The molecule has 0 N–H and O–H groups in total. The summed E-state index contributed by atoms with van der Waals surface area (Å²) < 4.78 is 0. The van der Waals surface area contributed by atoms with E-state index in [-0.39, 0.29) is 0 Å². The van der Waals surface area contributed by atoms with Crippen LogP contribution in [0.15, 0.2) is 67.8 Å². The third-order valence-corrected chi connectivity index (χ3v) is 3.13. The minimum Gasteiger partial charge on any atom is -0.0985 e. The van der Waals surface area contributed by atoms with Crippen LogP contribution in [-0.4, -0.2) is 0 Å². The van der Waals surface area contributed by atoms with Gasteiger partial charge in [-0.15, -0.1) is 0 Å². The van der Waals surface area contributed by atoms with E-state index in [0.29, 0.717) is 0 Å². The van der Waals surface area contributed by atoms with Crippen LogP contribution in [0.5, 0.6) is 0 Å². The van der Waals surface area contributed by atoms with Crippen LogP contribution >= 0.6 is 0 Å². The van der Waals surface area contributed by atoms with Crippen LogP contribution in [0.3, 0.4) is 0 Å². The molecule has 0 nitrogen and oxygen atoms in total. The second kappa shape index (κ2) is 5.50. The highest BCUT2D eigenvalue weighted by atomic mass is 14.1. The van der Waals surface area contributed by atoms with Crippen molar-refractivity contribution in [2.75, 3.05) is 0 Å². The van der Waals surface area contributed by atoms with E-state index in [1.54, 1.807) is 0 Å². The highest BCUT2D eigenvalue weighted by molar-refractivity contribution is 5.76. The second-order valence-electron chi connectivity index (χ2n) is 4.37. The molecule has 0 bridgehead atoms. The minimum absolute atomic E-state index is 0.975. The van der Waals surface area contributed by atoms with E-state index in [0.717, 1.165) is 17.6 Å². The van der Waals surface area contributed by atoms with Gasteiger partial charge in [0.15, 0.2) is 0 Å². The van der Waals surface area contributed by atoms with Crippen molar-refractivity contribution >= 4 is 5.57 Å². The molecule has 0 unspecified atom stereocenters. The van der Waals surface area contributed by atoms with Crippen LogP contribution in [0.4, 0.5) is 0 Å². The number of allylic oxidation sites excluding steroid dienone is 2. The Hall–Kier alpha value is -2.08. The molecule has 0 atom stereocenters. The normalized spacial score (nSPS) is 10.1. The van der Waals surface area contributed by atoms with Gasteiger partial charge in [-0.2, -0.15) is 0 Å². The van der Waals surface area contributed by atoms with E-state index in [9.17, 15) is 0 Å². The zero-order chi connectivity index (χ0) is 13.0. The van der Waals surface area contributed by atoms with Crippen LogP contribution in [0, 0.1) is 0 Å². The van der Waals surface area contributed by atoms with Gasteiger partial charge in [0, 0.05) is 0 Å². The third-order valence-electron chi connectivity index (χ3n) is 3.13. The molecule has 0 heterocycles. The van der Waals surface area contributed by atoms with Crippen molar-refractivity contribution in [2.45, 2.75) is 13.3 Å². The maximum Gasteiger partial charge on any atom is -0.0175 e. The van der Waals surface area contributed by atoms with Crippen LogP contribution < -0.4 is 0 Å². The molecular formula is C18H18. The van der Waals surface area contributed by atoms with Gasteiger partial charge in [0.2, 0.25) is 0 Å². The maximum absolute atomic E-state index is 4.04. The number of hydrogen-bond donors (Lipinski definition) is 0. The largest absolute Gasteiger partial charge is 0.0985 e. The minimum atomic E-state index is 0.975. The van der Waals surface area contributed by atoms with Crippen LogP contribution in [0.25, 0.3) is 16.7 Å². The number of hydrogen-bond acceptors (Lipinski definition) is 0. The summed E-state index contributed by atoms with van der Waals surface area (Å²) in [5.74, 6) is 0. The maximum atomic E-state index is 4.04. The van der Waals surface area contributed by atoms with E-state index in [1.807, 2.05) is 12.1 Å². The molecule has 0 radical (unpaired) electrons. The van der Waals surface area contributed by atoms with E-state index in [2.05, 4.69) is 62.5 Å². The fourth-order valence-corrected chi connectivity index (χ4v) is 2.00. The lowest BCUT2D eigenvalue weighted by Gasteiger charge is -2.09. The van der Waals surface area contributed by atoms with Crippen molar-refractivity contribution < 1.29 is 0 Å². The molecule has 0 saturated carbocycles. The first-order valence-electron chi connectivity index (χ1n) is 6.25. The summed E-state index contributed by atoms with van der Waals surface area (Å²) in [6, 6.07) is 17.1. The van der Waals surface area contributed by atoms with E-state index >= 15 is 0 Å². The second-order valence-corrected chi connectivity index (χ2v) is 4.37. The quantitative estimate of drug-likeness (QED) is 0.644. The Labute approximate surface area is 109 Å². The lowest BCUT2D eigenvalue weighted by Crippen LogP contribution is -1.88. The van der Waals surface area contributed by atoms with Crippen LogP contribution in [-0.2, 0) is 6.42 Å². The zero-order valence-electron chi connectivity index (χ0n) is 10.8. The standard InChI is InChI=1S/C18H18/c1-4-14(3)17-11-15(5-2)12-18(13-17)16-9-7-6-8-10-16/h4,6-13H,1,3,5H2,2H3. The van der Waals surface area contributed by atoms with Crippen molar-refractivity contribution in [3.63, 3.8) is 0 Å². The molecule has 2 rings (SSSR count). The summed E-state index contributed by atoms with van der Waals surface area (Å²) in [7, 11) is 0. The van der Waals surface area contributed by atoms with Crippen molar-refractivity contribution in [3.05, 3.63) is 78.9 Å². The molecule has 0 amide bonds. The number of rotatable bonds is 4. The molecule has 90 valence electrons. The van der Waals surface area contributed by atoms with E-state index in [1.165, 1.54) is 16.7 Å². The van der Waals surface area contributed by atoms with Gasteiger partial charge in [-0.3, -0.25) is 0 Å². The van der Waals surface area contributed by atoms with Crippen LogP contribution in [0.1, 0.15) is 18.1 Å². The highest BCUT2D eigenvalue weighted by Crippen LogP contribution is 2.25. The predicted octanol–water partition coefficient (Wildman–Crippen LogP) is 5.12. The van der Waals surface area contributed by atoms with Gasteiger partial charge in [-0.05, 0) is 40.3 Å². The molecule has 0 aromatic heterocycles. The van der Waals surface area contributed by atoms with Gasteiger partial charge in [0.1, 0.15) is 0 Å². The van der Waals surface area contributed by atoms with E-state index in [4.69, 9.17) is 0 Å². The predicted molar refractivity (Wildman–Crippen MR) is 80.5 cm³/mol. The van der Waals surface area contributed by atoms with Gasteiger partial charge < -0.3 is 0 Å². The average molecular weight is 234 g/mol. The summed E-state index contributed by atoms with van der Waals surface area (Å²) in [5, 5.41) is 0. The molecule has 2 aromatic carbocycles. The van der Waals surface area contributed by atoms with Crippen molar-refractivity contribution in [1.29, 1.82) is 0 Å². The molecule has 0 spiro atoms. The molecule has 0 aliphatic rings. The summed E-state index contributed by atoms with van der Waals surface area (Å²) >= 11 is 0. The molecule has 0 aliphatic carbocycles. The number of benzene rings is 2. The summed E-state index contributed by atoms with van der Waals surface area (Å²) in [6.07, 6.45) is 2.83. The highest BCUT2D eigenvalue weighted by Gasteiger charge is 2.03. The van der Waals surface area contributed by atoms with Crippen molar-refractivity contribution in [2.24, 2.45) is 0 Å². The zero-order valence-corrected chi connectivity index (χ0v) is 10.8. The monoisotopic (exact) mass is 234 g/mol. The fraction of sp³-hybridized carbons (Fsp3) is 0.111. The van der Waals surface area contributed by atoms with Gasteiger partial charge in [0.25, 0.3) is 0 Å². The molecule has 2 aromatic rings. The molecule has 0 heteroatoms. The lowest BCUT2D eigenvalue weighted by molar-refractivity contribution is 1.14. The smallest absolute Gasteiger partial charge is 0.0175 e. The summed E-state index contributed by atoms with van der Waals surface area (Å²) in [6.45, 7) is 10.0. The molecule has 0 saturated heterocycles. The Bertz CT molecular complexity index is 562. The van der Waals surface area contributed by atoms with Crippen molar-refractivity contribution in [3.8, 4) is 11.1 Å². The fourth-order valence-electron chi connectivity index (χ4n) is 2.00. The van der Waals surface area contributed by atoms with Crippen LogP contribution in [0.2, 0.25) is 0 Å². The van der Waals surface area contributed by atoms with Gasteiger partial charge in [-0.25, -0.2) is 0 Å². The third kappa shape index (κ3) is 2.60. The molecule has 0 aliphatic heterocycles. The number of aryl methyl sites for hydroxylation is 1. The summed E-state index contributed by atoms with van der Waals surface area (Å²) in [4.78, 5) is 0. The Balaban J connectivity index is 2.54. The van der Waals surface area contributed by atoms with E-state index < -0.39 is 0 Å². The first-order valence-corrected chi connectivity index (χ1v) is 6.25. The Morgan fingerprint density at radius 1 is 1.06 bits per heavy atom. The molecule has 0 fully saturated rings. The van der Waals surface area contributed by atoms with Gasteiger partial charge in [-0.1, -0.05) is 68.6 Å². The summed E-state index contributed by atoms with van der Waals surface area (Å²) in [5.41, 5.74) is 5.94. The average Bonchev–Trinajstić information content (AvgIpc) is 2.46.